The van der Waals surface area contributed by atoms with Gasteiger partial charge in [0.2, 0.25) is 0 Å². The summed E-state index contributed by atoms with van der Waals surface area (Å²) in [7, 11) is 0. The molecule has 0 spiro atoms. The van der Waals surface area contributed by atoms with Crippen LogP contribution in [0, 0.1) is 11.2 Å². The normalized spacial score (nSPS) is 18.8. The molecule has 1 fully saturated rings. The quantitative estimate of drug-likeness (QED) is 0.771. The molecule has 18 heavy (non-hydrogen) atoms. The van der Waals surface area contributed by atoms with E-state index in [-0.39, 0.29) is 11.3 Å². The third-order valence-corrected chi connectivity index (χ3v) is 4.00. The molecule has 0 aromatic heterocycles. The fraction of sp³-hybridized carbons (Fsp3) is 0.500. The lowest BCUT2D eigenvalue weighted by molar-refractivity contribution is 0.0583. The fourth-order valence-corrected chi connectivity index (χ4v) is 2.65. The minimum atomic E-state index is -0.392. The molecule has 0 atom stereocenters. The van der Waals surface area contributed by atoms with Crippen molar-refractivity contribution in [3.8, 4) is 0 Å². The van der Waals surface area contributed by atoms with Gasteiger partial charge in [-0.3, -0.25) is 4.79 Å². The largest absolute Gasteiger partial charge is 0.338 e. The van der Waals surface area contributed by atoms with Gasteiger partial charge in [-0.2, -0.15) is 0 Å². The van der Waals surface area contributed by atoms with E-state index in [1.807, 2.05) is 4.90 Å². The SMILES string of the molecule is CC1(C)CCCN(C(=O)c2ccc(Br)c(F)c2)C1. The summed E-state index contributed by atoms with van der Waals surface area (Å²) in [5, 5.41) is 0. The van der Waals surface area contributed by atoms with Crippen molar-refractivity contribution in [1.29, 1.82) is 0 Å². The van der Waals surface area contributed by atoms with Crippen LogP contribution in [0.1, 0.15) is 37.0 Å². The summed E-state index contributed by atoms with van der Waals surface area (Å²) >= 11 is 3.09. The molecular weight excluding hydrogens is 297 g/mol. The number of likely N-dealkylation sites (tertiary alicyclic amines) is 1. The Hall–Kier alpha value is -0.900. The predicted octanol–water partition coefficient (Wildman–Crippen LogP) is 3.85. The van der Waals surface area contributed by atoms with E-state index in [0.29, 0.717) is 10.0 Å². The fourth-order valence-electron chi connectivity index (χ4n) is 2.41. The average Bonchev–Trinajstić information content (AvgIpc) is 2.30. The van der Waals surface area contributed by atoms with Crippen molar-refractivity contribution in [3.05, 3.63) is 34.1 Å². The van der Waals surface area contributed by atoms with Crippen molar-refractivity contribution in [2.24, 2.45) is 5.41 Å². The minimum absolute atomic E-state index is 0.0748. The number of rotatable bonds is 1. The summed E-state index contributed by atoms with van der Waals surface area (Å²) in [5.74, 6) is -0.466. The van der Waals surface area contributed by atoms with Crippen LogP contribution in [0.25, 0.3) is 0 Å². The first-order valence-corrected chi connectivity index (χ1v) is 6.93. The predicted molar refractivity (Wildman–Crippen MR) is 73.0 cm³/mol. The zero-order chi connectivity index (χ0) is 13.3. The van der Waals surface area contributed by atoms with Gasteiger partial charge in [-0.25, -0.2) is 4.39 Å². The molecule has 2 rings (SSSR count). The van der Waals surface area contributed by atoms with E-state index < -0.39 is 5.82 Å². The Balaban J connectivity index is 2.18. The van der Waals surface area contributed by atoms with Gasteiger partial charge in [0, 0.05) is 18.7 Å². The number of hydrogen-bond donors (Lipinski definition) is 0. The highest BCUT2D eigenvalue weighted by Crippen LogP contribution is 2.29. The van der Waals surface area contributed by atoms with Gasteiger partial charge in [-0.15, -0.1) is 0 Å². The van der Waals surface area contributed by atoms with Crippen LogP contribution in [0.15, 0.2) is 22.7 Å². The van der Waals surface area contributed by atoms with Crippen LogP contribution in [-0.2, 0) is 0 Å². The van der Waals surface area contributed by atoms with Crippen molar-refractivity contribution in [2.75, 3.05) is 13.1 Å². The molecule has 0 aliphatic carbocycles. The number of carbonyl (C=O) groups excluding carboxylic acids is 1. The lowest BCUT2D eigenvalue weighted by Gasteiger charge is -2.38. The van der Waals surface area contributed by atoms with Crippen LogP contribution < -0.4 is 0 Å². The topological polar surface area (TPSA) is 20.3 Å². The molecule has 1 amide bonds. The van der Waals surface area contributed by atoms with Crippen molar-refractivity contribution in [3.63, 3.8) is 0 Å². The van der Waals surface area contributed by atoms with E-state index in [1.165, 1.54) is 6.07 Å². The van der Waals surface area contributed by atoms with Gasteiger partial charge in [0.25, 0.3) is 5.91 Å². The van der Waals surface area contributed by atoms with E-state index in [0.717, 1.165) is 25.9 Å². The highest BCUT2D eigenvalue weighted by Gasteiger charge is 2.29. The van der Waals surface area contributed by atoms with Gasteiger partial charge in [-0.1, -0.05) is 13.8 Å². The molecule has 1 aromatic carbocycles. The number of benzene rings is 1. The number of hydrogen-bond acceptors (Lipinski definition) is 1. The van der Waals surface area contributed by atoms with Gasteiger partial charge in [-0.05, 0) is 52.4 Å². The van der Waals surface area contributed by atoms with Crippen molar-refractivity contribution >= 4 is 21.8 Å². The Morgan fingerprint density at radius 1 is 1.44 bits per heavy atom. The number of halogens is 2. The van der Waals surface area contributed by atoms with Gasteiger partial charge in [0.1, 0.15) is 5.82 Å². The Labute approximate surface area is 115 Å². The molecule has 0 saturated carbocycles. The third-order valence-electron chi connectivity index (χ3n) is 3.35. The van der Waals surface area contributed by atoms with Crippen LogP contribution in [0.2, 0.25) is 0 Å². The Kier molecular flexibility index (Phi) is 3.76. The second-order valence-electron chi connectivity index (χ2n) is 5.62. The lowest BCUT2D eigenvalue weighted by atomic mass is 9.84. The monoisotopic (exact) mass is 313 g/mol. The molecule has 1 saturated heterocycles. The zero-order valence-corrected chi connectivity index (χ0v) is 12.3. The molecule has 1 heterocycles. The van der Waals surface area contributed by atoms with Crippen molar-refractivity contribution < 1.29 is 9.18 Å². The van der Waals surface area contributed by atoms with E-state index in [4.69, 9.17) is 0 Å². The number of piperidine rings is 1. The summed E-state index contributed by atoms with van der Waals surface area (Å²) in [6.07, 6.45) is 2.14. The van der Waals surface area contributed by atoms with Crippen LogP contribution in [0.3, 0.4) is 0 Å². The Morgan fingerprint density at radius 3 is 2.78 bits per heavy atom. The average molecular weight is 314 g/mol. The number of carbonyl (C=O) groups is 1. The lowest BCUT2D eigenvalue weighted by Crippen LogP contribution is -2.43. The molecule has 4 heteroatoms. The molecule has 2 nitrogen and oxygen atoms in total. The maximum absolute atomic E-state index is 13.4. The van der Waals surface area contributed by atoms with E-state index in [2.05, 4.69) is 29.8 Å². The summed E-state index contributed by atoms with van der Waals surface area (Å²) in [4.78, 5) is 14.1. The standard InChI is InChI=1S/C14H17BrFNO/c1-14(2)6-3-7-17(9-14)13(18)10-4-5-11(15)12(16)8-10/h4-5,8H,3,6-7,9H2,1-2H3. The first-order valence-electron chi connectivity index (χ1n) is 6.13. The smallest absolute Gasteiger partial charge is 0.253 e. The number of nitrogens with zero attached hydrogens (tertiary/aromatic N) is 1. The Morgan fingerprint density at radius 2 is 2.17 bits per heavy atom. The molecule has 0 bridgehead atoms. The van der Waals surface area contributed by atoms with E-state index >= 15 is 0 Å². The summed E-state index contributed by atoms with van der Waals surface area (Å²) in [5.41, 5.74) is 0.579. The second kappa shape index (κ2) is 5.00. The van der Waals surface area contributed by atoms with Crippen molar-refractivity contribution in [2.45, 2.75) is 26.7 Å². The Bertz CT molecular complexity index is 473. The van der Waals surface area contributed by atoms with Crippen LogP contribution in [-0.4, -0.2) is 23.9 Å². The van der Waals surface area contributed by atoms with Gasteiger partial charge in [0.05, 0.1) is 4.47 Å². The molecule has 0 radical (unpaired) electrons. The zero-order valence-electron chi connectivity index (χ0n) is 10.7. The van der Waals surface area contributed by atoms with Gasteiger partial charge < -0.3 is 4.90 Å². The summed E-state index contributed by atoms with van der Waals surface area (Å²) in [6.45, 7) is 5.83. The third kappa shape index (κ3) is 2.91. The van der Waals surface area contributed by atoms with Crippen LogP contribution in [0.4, 0.5) is 4.39 Å². The van der Waals surface area contributed by atoms with Gasteiger partial charge >= 0.3 is 0 Å². The molecule has 98 valence electrons. The molecule has 1 aromatic rings. The van der Waals surface area contributed by atoms with E-state index in [9.17, 15) is 9.18 Å². The second-order valence-corrected chi connectivity index (χ2v) is 6.48. The van der Waals surface area contributed by atoms with Gasteiger partial charge in [0.15, 0.2) is 0 Å². The summed E-state index contributed by atoms with van der Waals surface area (Å²) < 4.78 is 13.8. The maximum atomic E-state index is 13.4. The number of amides is 1. The maximum Gasteiger partial charge on any atom is 0.253 e. The highest BCUT2D eigenvalue weighted by atomic mass is 79.9. The van der Waals surface area contributed by atoms with Crippen LogP contribution in [0.5, 0.6) is 0 Å². The highest BCUT2D eigenvalue weighted by molar-refractivity contribution is 9.10. The molecule has 1 aliphatic heterocycles. The first-order chi connectivity index (χ1) is 8.39. The summed E-state index contributed by atoms with van der Waals surface area (Å²) in [6, 6.07) is 4.54. The molecule has 0 unspecified atom stereocenters. The van der Waals surface area contributed by atoms with E-state index in [1.54, 1.807) is 12.1 Å². The molecular formula is C14H17BrFNO. The molecule has 0 N–H and O–H groups in total. The minimum Gasteiger partial charge on any atom is -0.338 e. The van der Waals surface area contributed by atoms with Crippen LogP contribution >= 0.6 is 15.9 Å². The van der Waals surface area contributed by atoms with Crippen molar-refractivity contribution in [1.82, 2.24) is 4.90 Å². The molecule has 1 aliphatic rings. The first kappa shape index (κ1) is 13.5.